The first kappa shape index (κ1) is 9.05. The molecule has 2 unspecified atom stereocenters. The van der Waals surface area contributed by atoms with Crippen LogP contribution in [0.5, 0.6) is 0 Å². The molecule has 0 aromatic heterocycles. The Labute approximate surface area is 69.8 Å². The van der Waals surface area contributed by atoms with Gasteiger partial charge in [0.25, 0.3) is 0 Å². The Bertz CT molecular complexity index is 122. The monoisotopic (exact) mass is 156 g/mol. The van der Waals surface area contributed by atoms with Gasteiger partial charge >= 0.3 is 0 Å². The summed E-state index contributed by atoms with van der Waals surface area (Å²) in [6.07, 6.45) is 6.44. The third-order valence-corrected chi connectivity index (χ3v) is 3.05. The Morgan fingerprint density at radius 2 is 2.27 bits per heavy atom. The van der Waals surface area contributed by atoms with Crippen LogP contribution in [0, 0.1) is 11.3 Å². The minimum absolute atomic E-state index is 0.402. The fourth-order valence-electron chi connectivity index (χ4n) is 2.44. The van der Waals surface area contributed by atoms with Crippen LogP contribution in [0.2, 0.25) is 0 Å². The first-order valence-electron chi connectivity index (χ1n) is 4.81. The highest BCUT2D eigenvalue weighted by Crippen LogP contribution is 2.44. The second-order valence-electron chi connectivity index (χ2n) is 4.35. The molecule has 66 valence electrons. The molecule has 1 fully saturated rings. The SMILES string of the molecule is CCCC1(C)CCC(CO)C1. The number of aliphatic hydroxyl groups is 1. The number of rotatable bonds is 3. The molecule has 0 aromatic carbocycles. The zero-order valence-corrected chi connectivity index (χ0v) is 7.77. The van der Waals surface area contributed by atoms with E-state index in [1.165, 1.54) is 32.1 Å². The van der Waals surface area contributed by atoms with Crippen molar-refractivity contribution in [2.24, 2.45) is 11.3 Å². The van der Waals surface area contributed by atoms with E-state index in [2.05, 4.69) is 13.8 Å². The van der Waals surface area contributed by atoms with E-state index in [9.17, 15) is 0 Å². The van der Waals surface area contributed by atoms with E-state index in [-0.39, 0.29) is 0 Å². The lowest BCUT2D eigenvalue weighted by atomic mass is 9.83. The third kappa shape index (κ3) is 2.19. The van der Waals surface area contributed by atoms with Gasteiger partial charge in [-0.25, -0.2) is 0 Å². The predicted octanol–water partition coefficient (Wildman–Crippen LogP) is 2.59. The molecule has 1 N–H and O–H groups in total. The molecule has 0 bridgehead atoms. The van der Waals surface area contributed by atoms with Crippen LogP contribution >= 0.6 is 0 Å². The predicted molar refractivity (Wildman–Crippen MR) is 47.4 cm³/mol. The van der Waals surface area contributed by atoms with E-state index >= 15 is 0 Å². The largest absolute Gasteiger partial charge is 0.396 e. The van der Waals surface area contributed by atoms with Crippen molar-refractivity contribution in [2.45, 2.75) is 46.0 Å². The van der Waals surface area contributed by atoms with Gasteiger partial charge in [-0.3, -0.25) is 0 Å². The van der Waals surface area contributed by atoms with Gasteiger partial charge in [-0.1, -0.05) is 20.3 Å². The van der Waals surface area contributed by atoms with Gasteiger partial charge in [-0.05, 0) is 37.0 Å². The summed E-state index contributed by atoms with van der Waals surface area (Å²) < 4.78 is 0. The normalized spacial score (nSPS) is 37.9. The highest BCUT2D eigenvalue weighted by molar-refractivity contribution is 4.84. The van der Waals surface area contributed by atoms with Gasteiger partial charge in [-0.15, -0.1) is 0 Å². The Kier molecular flexibility index (Phi) is 2.94. The summed E-state index contributed by atoms with van der Waals surface area (Å²) in [6.45, 7) is 5.02. The van der Waals surface area contributed by atoms with Gasteiger partial charge in [0, 0.05) is 6.61 Å². The third-order valence-electron chi connectivity index (χ3n) is 3.05. The first-order valence-corrected chi connectivity index (χ1v) is 4.81. The summed E-state index contributed by atoms with van der Waals surface area (Å²) in [5.41, 5.74) is 0.558. The molecule has 1 aliphatic rings. The maximum atomic E-state index is 8.97. The van der Waals surface area contributed by atoms with Gasteiger partial charge in [0.1, 0.15) is 0 Å². The summed E-state index contributed by atoms with van der Waals surface area (Å²) in [4.78, 5) is 0. The van der Waals surface area contributed by atoms with Crippen LogP contribution in [-0.2, 0) is 0 Å². The summed E-state index contributed by atoms with van der Waals surface area (Å²) in [5, 5.41) is 8.97. The lowest BCUT2D eigenvalue weighted by Crippen LogP contribution is -2.12. The lowest BCUT2D eigenvalue weighted by Gasteiger charge is -2.22. The van der Waals surface area contributed by atoms with Crippen molar-refractivity contribution in [3.63, 3.8) is 0 Å². The second-order valence-corrected chi connectivity index (χ2v) is 4.35. The molecule has 0 heterocycles. The van der Waals surface area contributed by atoms with Crippen LogP contribution < -0.4 is 0 Å². The summed E-state index contributed by atoms with van der Waals surface area (Å²) in [6, 6.07) is 0. The standard InChI is InChI=1S/C10H20O/c1-3-5-10(2)6-4-9(7-10)8-11/h9,11H,3-8H2,1-2H3. The van der Waals surface area contributed by atoms with E-state index in [0.717, 1.165) is 0 Å². The highest BCUT2D eigenvalue weighted by Gasteiger charge is 2.33. The Hall–Kier alpha value is -0.0400. The van der Waals surface area contributed by atoms with Gasteiger partial charge < -0.3 is 5.11 Å². The number of hydrogen-bond acceptors (Lipinski definition) is 1. The minimum atomic E-state index is 0.402. The fourth-order valence-corrected chi connectivity index (χ4v) is 2.44. The maximum absolute atomic E-state index is 8.97. The van der Waals surface area contributed by atoms with E-state index < -0.39 is 0 Å². The summed E-state index contributed by atoms with van der Waals surface area (Å²) >= 11 is 0. The molecule has 0 aliphatic heterocycles. The van der Waals surface area contributed by atoms with Crippen molar-refractivity contribution in [3.8, 4) is 0 Å². The molecule has 2 atom stereocenters. The molecule has 1 aliphatic carbocycles. The number of hydrogen-bond donors (Lipinski definition) is 1. The zero-order valence-electron chi connectivity index (χ0n) is 7.77. The van der Waals surface area contributed by atoms with Crippen molar-refractivity contribution < 1.29 is 5.11 Å². The van der Waals surface area contributed by atoms with Crippen molar-refractivity contribution in [1.29, 1.82) is 0 Å². The summed E-state index contributed by atoms with van der Waals surface area (Å²) in [5.74, 6) is 0.603. The van der Waals surface area contributed by atoms with Crippen LogP contribution in [0.4, 0.5) is 0 Å². The van der Waals surface area contributed by atoms with E-state index in [1.807, 2.05) is 0 Å². The molecule has 0 radical (unpaired) electrons. The fraction of sp³-hybridized carbons (Fsp3) is 1.00. The zero-order chi connectivity index (χ0) is 8.32. The molecular formula is C10H20O. The molecular weight excluding hydrogens is 136 g/mol. The van der Waals surface area contributed by atoms with E-state index in [0.29, 0.717) is 17.9 Å². The molecule has 0 amide bonds. The van der Waals surface area contributed by atoms with Crippen molar-refractivity contribution >= 4 is 0 Å². The first-order chi connectivity index (χ1) is 5.20. The highest BCUT2D eigenvalue weighted by atomic mass is 16.3. The molecule has 1 heteroatoms. The van der Waals surface area contributed by atoms with Crippen molar-refractivity contribution in [1.82, 2.24) is 0 Å². The molecule has 11 heavy (non-hydrogen) atoms. The molecule has 0 aromatic rings. The molecule has 1 nitrogen and oxygen atoms in total. The smallest absolute Gasteiger partial charge is 0.0459 e. The van der Waals surface area contributed by atoms with Gasteiger partial charge in [0.15, 0.2) is 0 Å². The summed E-state index contributed by atoms with van der Waals surface area (Å²) in [7, 11) is 0. The van der Waals surface area contributed by atoms with Crippen LogP contribution in [0.3, 0.4) is 0 Å². The average molecular weight is 156 g/mol. The quantitative estimate of drug-likeness (QED) is 0.666. The topological polar surface area (TPSA) is 20.2 Å². The van der Waals surface area contributed by atoms with Crippen LogP contribution in [0.25, 0.3) is 0 Å². The molecule has 1 saturated carbocycles. The van der Waals surface area contributed by atoms with Gasteiger partial charge in [0.05, 0.1) is 0 Å². The van der Waals surface area contributed by atoms with Crippen LogP contribution in [0.1, 0.15) is 46.0 Å². The lowest BCUT2D eigenvalue weighted by molar-refractivity contribution is 0.209. The molecule has 0 spiro atoms. The van der Waals surface area contributed by atoms with Crippen LogP contribution in [0.15, 0.2) is 0 Å². The van der Waals surface area contributed by atoms with Crippen molar-refractivity contribution in [2.75, 3.05) is 6.61 Å². The number of aliphatic hydroxyl groups excluding tert-OH is 1. The van der Waals surface area contributed by atoms with Gasteiger partial charge in [-0.2, -0.15) is 0 Å². The van der Waals surface area contributed by atoms with E-state index in [4.69, 9.17) is 5.11 Å². The minimum Gasteiger partial charge on any atom is -0.396 e. The Morgan fingerprint density at radius 1 is 1.55 bits per heavy atom. The molecule has 1 rings (SSSR count). The Morgan fingerprint density at radius 3 is 2.73 bits per heavy atom. The molecule has 0 saturated heterocycles. The van der Waals surface area contributed by atoms with Crippen LogP contribution in [-0.4, -0.2) is 11.7 Å². The Balaban J connectivity index is 2.37. The van der Waals surface area contributed by atoms with Crippen molar-refractivity contribution in [3.05, 3.63) is 0 Å². The maximum Gasteiger partial charge on any atom is 0.0459 e. The van der Waals surface area contributed by atoms with Gasteiger partial charge in [0.2, 0.25) is 0 Å². The second kappa shape index (κ2) is 3.57. The van der Waals surface area contributed by atoms with E-state index in [1.54, 1.807) is 0 Å². The average Bonchev–Trinajstić information content (AvgIpc) is 2.33.